The fourth-order valence-electron chi connectivity index (χ4n) is 0.577. The number of nitrogens with two attached hydrogens (primary N) is 1. The molecule has 1 amide bonds. The number of nitrogens with zero attached hydrogens (tertiary/aromatic N) is 2. The van der Waals surface area contributed by atoms with Crippen molar-refractivity contribution in [1.29, 1.82) is 0 Å². The molecule has 5 nitrogen and oxygen atoms in total. The van der Waals surface area contributed by atoms with E-state index in [9.17, 15) is 4.79 Å². The number of carbonyl (C=O) groups excluding carboxylic acids is 1. The summed E-state index contributed by atoms with van der Waals surface area (Å²) in [5, 5.41) is 3.82. The summed E-state index contributed by atoms with van der Waals surface area (Å²) in [5.74, 6) is -0.273. The van der Waals surface area contributed by atoms with Gasteiger partial charge in [0.1, 0.15) is 0 Å². The Kier molecular flexibility index (Phi) is 2.83. The lowest BCUT2D eigenvalue weighted by atomic mass is 10.4. The van der Waals surface area contributed by atoms with E-state index in [-0.39, 0.29) is 5.91 Å². The molecule has 1 rings (SSSR count). The van der Waals surface area contributed by atoms with Crippen molar-refractivity contribution in [2.75, 3.05) is 5.43 Å². The fraction of sp³-hybridized carbons (Fsp3) is 0.333. The van der Waals surface area contributed by atoms with Crippen LogP contribution in [0.5, 0.6) is 0 Å². The maximum atomic E-state index is 11.0. The van der Waals surface area contributed by atoms with Crippen LogP contribution in [0.25, 0.3) is 0 Å². The van der Waals surface area contributed by atoms with Crippen LogP contribution in [0.1, 0.15) is 6.92 Å². The lowest BCUT2D eigenvalue weighted by Gasteiger charge is -2.05. The van der Waals surface area contributed by atoms with E-state index in [2.05, 4.69) is 26.5 Å². The van der Waals surface area contributed by atoms with Crippen molar-refractivity contribution in [1.82, 2.24) is 9.89 Å². The summed E-state index contributed by atoms with van der Waals surface area (Å²) >= 11 is 3.19. The summed E-state index contributed by atoms with van der Waals surface area (Å²) in [6.07, 6.45) is 3.20. The minimum Gasteiger partial charge on any atom is -0.320 e. The van der Waals surface area contributed by atoms with E-state index in [1.54, 1.807) is 19.3 Å². The number of nitrogens with one attached hydrogen (secondary N) is 1. The van der Waals surface area contributed by atoms with Crippen molar-refractivity contribution >= 4 is 21.8 Å². The van der Waals surface area contributed by atoms with E-state index in [0.717, 1.165) is 4.47 Å². The average Bonchev–Trinajstić information content (AvgIpc) is 2.35. The first kappa shape index (κ1) is 9.21. The molecule has 0 fully saturated rings. The molecular formula is C6H9BrN4O. The highest BCUT2D eigenvalue weighted by molar-refractivity contribution is 9.10. The monoisotopic (exact) mass is 232 g/mol. The summed E-state index contributed by atoms with van der Waals surface area (Å²) in [4.78, 5) is 12.3. The molecule has 0 bridgehead atoms. The zero-order valence-corrected chi connectivity index (χ0v) is 8.08. The van der Waals surface area contributed by atoms with E-state index >= 15 is 0 Å². The molecule has 0 spiro atoms. The van der Waals surface area contributed by atoms with Gasteiger partial charge in [0.15, 0.2) is 0 Å². The highest BCUT2D eigenvalue weighted by Gasteiger charge is 2.06. The van der Waals surface area contributed by atoms with Crippen LogP contribution in [0.15, 0.2) is 16.9 Å². The summed E-state index contributed by atoms with van der Waals surface area (Å²) in [7, 11) is 0. The van der Waals surface area contributed by atoms with Gasteiger partial charge in [0.2, 0.25) is 0 Å². The molecule has 0 aliphatic rings. The molecule has 0 aliphatic carbocycles. The molecule has 1 heterocycles. The summed E-state index contributed by atoms with van der Waals surface area (Å²) < 4.78 is 0.799. The molecule has 12 heavy (non-hydrogen) atoms. The van der Waals surface area contributed by atoms with Gasteiger partial charge in [0.25, 0.3) is 5.91 Å². The van der Waals surface area contributed by atoms with Crippen molar-refractivity contribution < 1.29 is 4.79 Å². The van der Waals surface area contributed by atoms with Crippen molar-refractivity contribution in [3.63, 3.8) is 0 Å². The minimum absolute atomic E-state index is 0.273. The van der Waals surface area contributed by atoms with Gasteiger partial charge in [0.05, 0.1) is 22.9 Å². The number of rotatable bonds is 2. The quantitative estimate of drug-likeness (QED) is 0.758. The van der Waals surface area contributed by atoms with E-state index in [0.29, 0.717) is 0 Å². The SMILES string of the molecule is C[C@@H](N)C(=O)Nn1cc(Br)cn1. The van der Waals surface area contributed by atoms with Crippen LogP contribution in [-0.4, -0.2) is 21.8 Å². The lowest BCUT2D eigenvalue weighted by molar-refractivity contribution is -0.118. The highest BCUT2D eigenvalue weighted by atomic mass is 79.9. The van der Waals surface area contributed by atoms with Gasteiger partial charge < -0.3 is 5.73 Å². The summed E-state index contributed by atoms with van der Waals surface area (Å²) in [5.41, 5.74) is 7.80. The zero-order valence-electron chi connectivity index (χ0n) is 6.49. The number of halogens is 1. The van der Waals surface area contributed by atoms with Gasteiger partial charge in [0, 0.05) is 0 Å². The second kappa shape index (κ2) is 3.68. The van der Waals surface area contributed by atoms with Crippen LogP contribution < -0.4 is 11.2 Å². The molecule has 0 saturated carbocycles. The number of amides is 1. The van der Waals surface area contributed by atoms with Crippen molar-refractivity contribution in [2.45, 2.75) is 13.0 Å². The Bertz CT molecular complexity index is 283. The number of hydrogen-bond donors (Lipinski definition) is 2. The minimum atomic E-state index is -0.534. The molecule has 0 unspecified atom stereocenters. The molecule has 0 radical (unpaired) electrons. The van der Waals surface area contributed by atoms with Crippen molar-refractivity contribution in [3.8, 4) is 0 Å². The van der Waals surface area contributed by atoms with Gasteiger partial charge in [-0.25, -0.2) is 5.43 Å². The van der Waals surface area contributed by atoms with Crippen molar-refractivity contribution in [3.05, 3.63) is 16.9 Å². The van der Waals surface area contributed by atoms with E-state index < -0.39 is 6.04 Å². The molecule has 1 atom stereocenters. The molecule has 66 valence electrons. The largest absolute Gasteiger partial charge is 0.320 e. The van der Waals surface area contributed by atoms with Gasteiger partial charge >= 0.3 is 0 Å². The number of aromatic nitrogens is 2. The Morgan fingerprint density at radius 2 is 2.58 bits per heavy atom. The van der Waals surface area contributed by atoms with Gasteiger partial charge in [-0.15, -0.1) is 0 Å². The van der Waals surface area contributed by atoms with E-state index in [1.165, 1.54) is 4.79 Å². The number of hydrogen-bond acceptors (Lipinski definition) is 3. The Morgan fingerprint density at radius 1 is 1.92 bits per heavy atom. The molecule has 6 heteroatoms. The first-order chi connectivity index (χ1) is 5.59. The topological polar surface area (TPSA) is 72.9 Å². The maximum absolute atomic E-state index is 11.0. The second-order valence-corrected chi connectivity index (χ2v) is 3.28. The van der Waals surface area contributed by atoms with Crippen LogP contribution in [0.3, 0.4) is 0 Å². The standard InChI is InChI=1S/C6H9BrN4O/c1-4(8)6(12)10-11-3-5(7)2-9-11/h2-4H,8H2,1H3,(H,10,12)/t4-/m1/s1. The smallest absolute Gasteiger partial charge is 0.256 e. The van der Waals surface area contributed by atoms with E-state index in [1.807, 2.05) is 0 Å². The molecule has 0 aliphatic heterocycles. The Balaban J connectivity index is 2.58. The second-order valence-electron chi connectivity index (χ2n) is 2.37. The zero-order chi connectivity index (χ0) is 9.14. The molecule has 0 aromatic carbocycles. The fourth-order valence-corrected chi connectivity index (χ4v) is 0.862. The van der Waals surface area contributed by atoms with Crippen LogP contribution in [0.2, 0.25) is 0 Å². The first-order valence-electron chi connectivity index (χ1n) is 3.36. The predicted molar refractivity (Wildman–Crippen MR) is 47.9 cm³/mol. The molecule has 1 aromatic rings. The Morgan fingerprint density at radius 3 is 3.00 bits per heavy atom. The Hall–Kier alpha value is -0.880. The lowest BCUT2D eigenvalue weighted by Crippen LogP contribution is -2.37. The van der Waals surface area contributed by atoms with Crippen LogP contribution in [-0.2, 0) is 4.79 Å². The third-order valence-electron chi connectivity index (χ3n) is 1.19. The van der Waals surface area contributed by atoms with Crippen LogP contribution >= 0.6 is 15.9 Å². The van der Waals surface area contributed by atoms with Gasteiger partial charge in [-0.3, -0.25) is 4.79 Å². The molecule has 0 saturated heterocycles. The average molecular weight is 233 g/mol. The Labute approximate surface area is 78.0 Å². The van der Waals surface area contributed by atoms with Crippen LogP contribution in [0.4, 0.5) is 0 Å². The van der Waals surface area contributed by atoms with Crippen molar-refractivity contribution in [2.24, 2.45) is 5.73 Å². The van der Waals surface area contributed by atoms with Crippen LogP contribution in [0, 0.1) is 0 Å². The van der Waals surface area contributed by atoms with Gasteiger partial charge in [-0.05, 0) is 22.9 Å². The highest BCUT2D eigenvalue weighted by Crippen LogP contribution is 2.04. The molecule has 3 N–H and O–H groups in total. The molecule has 1 aromatic heterocycles. The van der Waals surface area contributed by atoms with Gasteiger partial charge in [-0.2, -0.15) is 9.89 Å². The normalized spacial score (nSPS) is 12.6. The third-order valence-corrected chi connectivity index (χ3v) is 1.60. The maximum Gasteiger partial charge on any atom is 0.256 e. The summed E-state index contributed by atoms with van der Waals surface area (Å²) in [6, 6.07) is -0.534. The van der Waals surface area contributed by atoms with E-state index in [4.69, 9.17) is 5.73 Å². The van der Waals surface area contributed by atoms with Gasteiger partial charge in [-0.1, -0.05) is 0 Å². The predicted octanol–water partition coefficient (Wildman–Crippen LogP) is 0.0629. The third kappa shape index (κ3) is 2.31. The number of carbonyl (C=O) groups is 1. The molecular weight excluding hydrogens is 224 g/mol. The summed E-state index contributed by atoms with van der Waals surface area (Å²) in [6.45, 7) is 1.61. The first-order valence-corrected chi connectivity index (χ1v) is 4.15.